The van der Waals surface area contributed by atoms with Crippen LogP contribution in [0.15, 0.2) is 29.2 Å². The molecule has 1 aromatic rings. The third kappa shape index (κ3) is 3.92. The van der Waals surface area contributed by atoms with Gasteiger partial charge in [0.1, 0.15) is 5.75 Å². The van der Waals surface area contributed by atoms with Crippen LogP contribution >= 0.6 is 11.8 Å². The lowest BCUT2D eigenvalue weighted by Gasteiger charge is -2.18. The third-order valence-corrected chi connectivity index (χ3v) is 6.34. The summed E-state index contributed by atoms with van der Waals surface area (Å²) in [5, 5.41) is 9.53. The number of hydrogen-bond donors (Lipinski definition) is 1. The maximum absolute atomic E-state index is 11.9. The molecule has 5 heteroatoms. The quantitative estimate of drug-likeness (QED) is 0.858. The van der Waals surface area contributed by atoms with Crippen molar-refractivity contribution >= 4 is 21.6 Å². The summed E-state index contributed by atoms with van der Waals surface area (Å²) in [5.74, 6) is 0.776. The Bertz CT molecular complexity index is 473. The molecular formula is C12H18O3S2. The molecule has 0 atom stereocenters. The second-order valence-corrected chi connectivity index (χ2v) is 8.75. The van der Waals surface area contributed by atoms with E-state index in [4.69, 9.17) is 0 Å². The van der Waals surface area contributed by atoms with Crippen molar-refractivity contribution in [3.05, 3.63) is 24.3 Å². The minimum atomic E-state index is -3.08. The van der Waals surface area contributed by atoms with E-state index in [1.807, 2.05) is 6.07 Å². The number of sulfone groups is 1. The van der Waals surface area contributed by atoms with Gasteiger partial charge in [-0.25, -0.2) is 8.42 Å². The zero-order chi connectivity index (χ0) is 13.1. The van der Waals surface area contributed by atoms with Gasteiger partial charge in [-0.2, -0.15) is 0 Å². The number of phenolic OH excluding ortho intramolecular Hbond substituents is 1. The Morgan fingerprint density at radius 2 is 1.82 bits per heavy atom. The summed E-state index contributed by atoms with van der Waals surface area (Å²) in [6.45, 7) is 5.10. The SMILES string of the molecule is CC(C)(C)S(=O)(=O)CCSc1ccccc1O. The summed E-state index contributed by atoms with van der Waals surface area (Å²) in [6.07, 6.45) is 0. The first kappa shape index (κ1) is 14.4. The van der Waals surface area contributed by atoms with Crippen molar-refractivity contribution < 1.29 is 13.5 Å². The Morgan fingerprint density at radius 3 is 2.35 bits per heavy atom. The van der Waals surface area contributed by atoms with Crippen LogP contribution in [0.1, 0.15) is 20.8 Å². The number of thioether (sulfide) groups is 1. The lowest BCUT2D eigenvalue weighted by molar-refractivity contribution is 0.462. The number of rotatable bonds is 4. The molecule has 0 unspecified atom stereocenters. The maximum atomic E-state index is 11.9. The van der Waals surface area contributed by atoms with Crippen LogP contribution < -0.4 is 0 Å². The van der Waals surface area contributed by atoms with Gasteiger partial charge in [-0.15, -0.1) is 11.8 Å². The van der Waals surface area contributed by atoms with Crippen LogP contribution in [0, 0.1) is 0 Å². The number of aromatic hydroxyl groups is 1. The van der Waals surface area contributed by atoms with Crippen molar-refractivity contribution in [3.63, 3.8) is 0 Å². The molecule has 0 aliphatic heterocycles. The van der Waals surface area contributed by atoms with E-state index in [0.29, 0.717) is 5.75 Å². The minimum Gasteiger partial charge on any atom is -0.507 e. The number of para-hydroxylation sites is 1. The lowest BCUT2D eigenvalue weighted by atomic mass is 10.3. The molecule has 1 rings (SSSR count). The maximum Gasteiger partial charge on any atom is 0.156 e. The summed E-state index contributed by atoms with van der Waals surface area (Å²) < 4.78 is 23.0. The third-order valence-electron chi connectivity index (χ3n) is 2.41. The molecule has 0 spiro atoms. The van der Waals surface area contributed by atoms with Crippen molar-refractivity contribution in [3.8, 4) is 5.75 Å². The highest BCUT2D eigenvalue weighted by atomic mass is 32.2. The Kier molecular flexibility index (Phi) is 4.49. The second kappa shape index (κ2) is 5.31. The fraction of sp³-hybridized carbons (Fsp3) is 0.500. The zero-order valence-corrected chi connectivity index (χ0v) is 11.9. The van der Waals surface area contributed by atoms with Crippen LogP contribution in [-0.2, 0) is 9.84 Å². The number of phenols is 1. The van der Waals surface area contributed by atoms with E-state index in [2.05, 4.69) is 0 Å². The molecule has 0 heterocycles. The van der Waals surface area contributed by atoms with Crippen molar-refractivity contribution in [2.24, 2.45) is 0 Å². The minimum absolute atomic E-state index is 0.121. The predicted molar refractivity (Wildman–Crippen MR) is 72.4 cm³/mol. The van der Waals surface area contributed by atoms with E-state index in [9.17, 15) is 13.5 Å². The summed E-state index contributed by atoms with van der Waals surface area (Å²) >= 11 is 1.36. The monoisotopic (exact) mass is 274 g/mol. The Morgan fingerprint density at radius 1 is 1.24 bits per heavy atom. The normalized spacial score (nSPS) is 12.6. The van der Waals surface area contributed by atoms with Crippen LogP contribution in [0.25, 0.3) is 0 Å². The van der Waals surface area contributed by atoms with Crippen LogP contribution in [0.2, 0.25) is 0 Å². The van der Waals surface area contributed by atoms with Gasteiger partial charge < -0.3 is 5.11 Å². The standard InChI is InChI=1S/C12H18O3S2/c1-12(2,3)17(14,15)9-8-16-11-7-5-4-6-10(11)13/h4-7,13H,8-9H2,1-3H3. The molecule has 0 aliphatic rings. The first-order valence-electron chi connectivity index (χ1n) is 5.37. The summed E-state index contributed by atoms with van der Waals surface area (Å²) in [7, 11) is -3.08. The Balaban J connectivity index is 2.58. The molecule has 0 amide bonds. The van der Waals surface area contributed by atoms with Gasteiger partial charge in [0.15, 0.2) is 9.84 Å². The number of hydrogen-bond acceptors (Lipinski definition) is 4. The molecule has 0 bridgehead atoms. The van der Waals surface area contributed by atoms with Crippen molar-refractivity contribution in [1.29, 1.82) is 0 Å². The fourth-order valence-electron chi connectivity index (χ4n) is 1.15. The van der Waals surface area contributed by atoms with Gasteiger partial charge in [0.2, 0.25) is 0 Å². The van der Waals surface area contributed by atoms with Gasteiger partial charge >= 0.3 is 0 Å². The van der Waals surface area contributed by atoms with E-state index < -0.39 is 14.6 Å². The molecule has 0 aliphatic carbocycles. The van der Waals surface area contributed by atoms with Crippen molar-refractivity contribution in [1.82, 2.24) is 0 Å². The van der Waals surface area contributed by atoms with Crippen molar-refractivity contribution in [2.75, 3.05) is 11.5 Å². The van der Waals surface area contributed by atoms with Gasteiger partial charge in [0.05, 0.1) is 10.5 Å². The van der Waals surface area contributed by atoms with Crippen LogP contribution in [-0.4, -0.2) is 29.8 Å². The molecular weight excluding hydrogens is 256 g/mol. The van der Waals surface area contributed by atoms with Crippen LogP contribution in [0.4, 0.5) is 0 Å². The first-order chi connectivity index (χ1) is 7.74. The van der Waals surface area contributed by atoms with E-state index in [1.165, 1.54) is 11.8 Å². The molecule has 3 nitrogen and oxygen atoms in total. The Labute approximate surface area is 107 Å². The van der Waals surface area contributed by atoms with Crippen LogP contribution in [0.3, 0.4) is 0 Å². The highest BCUT2D eigenvalue weighted by Crippen LogP contribution is 2.28. The Hall–Kier alpha value is -0.680. The predicted octanol–water partition coefficient (Wildman–Crippen LogP) is 2.70. The van der Waals surface area contributed by atoms with E-state index in [0.717, 1.165) is 4.90 Å². The molecule has 1 N–H and O–H groups in total. The average Bonchev–Trinajstić information content (AvgIpc) is 2.19. The smallest absolute Gasteiger partial charge is 0.156 e. The van der Waals surface area contributed by atoms with E-state index >= 15 is 0 Å². The van der Waals surface area contributed by atoms with Gasteiger partial charge in [-0.1, -0.05) is 12.1 Å². The van der Waals surface area contributed by atoms with Gasteiger partial charge in [0.25, 0.3) is 0 Å². The highest BCUT2D eigenvalue weighted by Gasteiger charge is 2.28. The summed E-state index contributed by atoms with van der Waals surface area (Å²) in [5.41, 5.74) is 0. The van der Waals surface area contributed by atoms with Gasteiger partial charge in [0, 0.05) is 10.6 Å². The fourth-order valence-corrected chi connectivity index (χ4v) is 3.58. The van der Waals surface area contributed by atoms with Gasteiger partial charge in [-0.05, 0) is 32.9 Å². The van der Waals surface area contributed by atoms with E-state index in [-0.39, 0.29) is 11.5 Å². The van der Waals surface area contributed by atoms with Crippen molar-refractivity contribution in [2.45, 2.75) is 30.4 Å². The highest BCUT2D eigenvalue weighted by molar-refractivity contribution is 8.01. The summed E-state index contributed by atoms with van der Waals surface area (Å²) in [4.78, 5) is 0.719. The molecule has 0 saturated carbocycles. The number of benzene rings is 1. The molecule has 0 aromatic heterocycles. The van der Waals surface area contributed by atoms with Crippen LogP contribution in [0.5, 0.6) is 5.75 Å². The molecule has 0 fully saturated rings. The molecule has 96 valence electrons. The largest absolute Gasteiger partial charge is 0.507 e. The molecule has 1 aromatic carbocycles. The summed E-state index contributed by atoms with van der Waals surface area (Å²) in [6, 6.07) is 6.94. The average molecular weight is 274 g/mol. The second-order valence-electron chi connectivity index (χ2n) is 4.75. The zero-order valence-electron chi connectivity index (χ0n) is 10.3. The topological polar surface area (TPSA) is 54.4 Å². The first-order valence-corrected chi connectivity index (χ1v) is 8.01. The molecule has 0 radical (unpaired) electrons. The lowest BCUT2D eigenvalue weighted by Crippen LogP contribution is -2.31. The molecule has 0 saturated heterocycles. The van der Waals surface area contributed by atoms with E-state index in [1.54, 1.807) is 39.0 Å². The van der Waals surface area contributed by atoms with Gasteiger partial charge in [-0.3, -0.25) is 0 Å². The molecule has 17 heavy (non-hydrogen) atoms.